The van der Waals surface area contributed by atoms with E-state index in [1.165, 1.54) is 0 Å². The molecule has 1 atom stereocenters. The Kier molecular flexibility index (Phi) is 5.70. The number of hydrogen-bond acceptors (Lipinski definition) is 8. The van der Waals surface area contributed by atoms with Crippen LogP contribution in [0.15, 0.2) is 47.4 Å². The van der Waals surface area contributed by atoms with Crippen LogP contribution in [-0.2, 0) is 12.5 Å². The van der Waals surface area contributed by atoms with Crippen molar-refractivity contribution in [2.75, 3.05) is 6.61 Å². The van der Waals surface area contributed by atoms with Gasteiger partial charge < -0.3 is 19.6 Å². The molecule has 0 saturated heterocycles. The number of fused-ring (bicyclic) bond motifs is 2. The van der Waals surface area contributed by atoms with E-state index in [0.717, 1.165) is 46.4 Å². The van der Waals surface area contributed by atoms with E-state index in [1.807, 2.05) is 58.3 Å². The first-order valence-corrected chi connectivity index (χ1v) is 12.5. The van der Waals surface area contributed by atoms with Gasteiger partial charge in [0.05, 0.1) is 29.9 Å². The molecule has 194 valence electrons. The smallest absolute Gasteiger partial charge is 0.293 e. The maximum absolute atomic E-state index is 13.0. The number of aromatic amines is 1. The number of aryl methyl sites for hydroxylation is 1. The molecule has 0 saturated carbocycles. The number of imidazole rings is 1. The average Bonchev–Trinajstić information content (AvgIpc) is 3.62. The first-order chi connectivity index (χ1) is 18.3. The molecule has 1 aliphatic rings. The molecule has 38 heavy (non-hydrogen) atoms. The van der Waals surface area contributed by atoms with Crippen LogP contribution >= 0.6 is 0 Å². The van der Waals surface area contributed by atoms with Crippen LogP contribution in [0.2, 0.25) is 0 Å². The van der Waals surface area contributed by atoms with Crippen LogP contribution in [0.3, 0.4) is 0 Å². The SMILES string of the molecule is Cn1cc(-c2nc3nccc(-c4ccc5c(c4)OCCCC5NC(=O)c4noc(C(C)(C)C)n4)c3[nH]2)cn1. The highest BCUT2D eigenvalue weighted by Gasteiger charge is 2.27. The van der Waals surface area contributed by atoms with Gasteiger partial charge in [-0.2, -0.15) is 10.1 Å². The van der Waals surface area contributed by atoms with Crippen molar-refractivity contribution in [2.24, 2.45) is 7.05 Å². The third-order valence-corrected chi connectivity index (χ3v) is 6.54. The van der Waals surface area contributed by atoms with E-state index < -0.39 is 0 Å². The topological polar surface area (TPSA) is 137 Å². The molecule has 0 aliphatic carbocycles. The number of nitrogens with zero attached hydrogens (tertiary/aromatic N) is 6. The quantitative estimate of drug-likeness (QED) is 0.363. The minimum absolute atomic E-state index is 0.0288. The first-order valence-electron chi connectivity index (χ1n) is 12.5. The molecule has 11 heteroatoms. The second-order valence-corrected chi connectivity index (χ2v) is 10.5. The second kappa shape index (κ2) is 9.09. The number of benzene rings is 1. The summed E-state index contributed by atoms with van der Waals surface area (Å²) in [6.07, 6.45) is 6.94. The number of pyridine rings is 1. The minimum Gasteiger partial charge on any atom is -0.493 e. The van der Waals surface area contributed by atoms with Gasteiger partial charge in [-0.05, 0) is 30.5 Å². The van der Waals surface area contributed by atoms with E-state index in [2.05, 4.69) is 35.5 Å². The van der Waals surface area contributed by atoms with Gasteiger partial charge in [-0.25, -0.2) is 9.97 Å². The molecule has 6 rings (SSSR count). The van der Waals surface area contributed by atoms with E-state index in [1.54, 1.807) is 17.1 Å². The van der Waals surface area contributed by atoms with Crippen molar-refractivity contribution >= 4 is 17.1 Å². The van der Waals surface area contributed by atoms with E-state index in [0.29, 0.717) is 24.0 Å². The Labute approximate surface area is 218 Å². The molecule has 0 fully saturated rings. The molecule has 1 aromatic carbocycles. The molecule has 1 aliphatic heterocycles. The summed E-state index contributed by atoms with van der Waals surface area (Å²) in [5.41, 5.74) is 4.82. The summed E-state index contributed by atoms with van der Waals surface area (Å²) in [6.45, 7) is 6.43. The number of H-pyrrole nitrogens is 1. The number of aromatic nitrogens is 7. The normalized spacial score (nSPS) is 15.6. The zero-order valence-corrected chi connectivity index (χ0v) is 21.6. The zero-order valence-electron chi connectivity index (χ0n) is 21.6. The summed E-state index contributed by atoms with van der Waals surface area (Å²) >= 11 is 0. The third kappa shape index (κ3) is 4.40. The van der Waals surface area contributed by atoms with Gasteiger partial charge in [-0.15, -0.1) is 0 Å². The number of nitrogens with one attached hydrogen (secondary N) is 2. The molecule has 4 aromatic heterocycles. The standard InChI is InChI=1S/C27H28N8O3/c1-27(2,3)26-33-24(34-38-26)25(36)30-19-6-5-11-37-20-12-15(7-8-18(19)20)17-9-10-28-23-21(17)31-22(32-23)16-13-29-35(4)14-16/h7-10,12-14,19H,5-6,11H2,1-4H3,(H,30,36)(H,28,31,32). The molecule has 5 aromatic rings. The van der Waals surface area contributed by atoms with Crippen molar-refractivity contribution in [1.29, 1.82) is 0 Å². The third-order valence-electron chi connectivity index (χ3n) is 6.54. The van der Waals surface area contributed by atoms with Gasteiger partial charge in [0.25, 0.3) is 11.7 Å². The van der Waals surface area contributed by atoms with Gasteiger partial charge in [0, 0.05) is 36.0 Å². The van der Waals surface area contributed by atoms with Crippen molar-refractivity contribution < 1.29 is 14.1 Å². The fraction of sp³-hybridized carbons (Fsp3) is 0.333. The number of rotatable bonds is 4. The molecule has 1 unspecified atom stereocenters. The van der Waals surface area contributed by atoms with E-state index in [-0.39, 0.29) is 23.2 Å². The lowest BCUT2D eigenvalue weighted by atomic mass is 9.97. The van der Waals surface area contributed by atoms with E-state index in [4.69, 9.17) is 9.26 Å². The van der Waals surface area contributed by atoms with Gasteiger partial charge in [-0.1, -0.05) is 38.1 Å². The van der Waals surface area contributed by atoms with E-state index in [9.17, 15) is 4.79 Å². The molecular weight excluding hydrogens is 484 g/mol. The van der Waals surface area contributed by atoms with Crippen LogP contribution in [0.25, 0.3) is 33.7 Å². The van der Waals surface area contributed by atoms with Crippen molar-refractivity contribution in [3.63, 3.8) is 0 Å². The van der Waals surface area contributed by atoms with Crippen LogP contribution in [0.4, 0.5) is 0 Å². The maximum atomic E-state index is 13.0. The Morgan fingerprint density at radius 1 is 1.18 bits per heavy atom. The minimum atomic E-state index is -0.373. The number of ether oxygens (including phenoxy) is 1. The predicted octanol–water partition coefficient (Wildman–Crippen LogP) is 4.35. The molecule has 11 nitrogen and oxygen atoms in total. The Morgan fingerprint density at radius 2 is 2.05 bits per heavy atom. The highest BCUT2D eigenvalue weighted by Crippen LogP contribution is 2.37. The number of hydrogen-bond donors (Lipinski definition) is 2. The Bertz CT molecular complexity index is 1640. The first kappa shape index (κ1) is 23.8. The van der Waals surface area contributed by atoms with Crippen LogP contribution in [0.1, 0.15) is 61.7 Å². The fourth-order valence-electron chi connectivity index (χ4n) is 4.56. The van der Waals surface area contributed by atoms with Gasteiger partial charge in [0.15, 0.2) is 5.65 Å². The van der Waals surface area contributed by atoms with Crippen LogP contribution in [0, 0.1) is 0 Å². The number of carbonyl (C=O) groups is 1. The lowest BCUT2D eigenvalue weighted by Crippen LogP contribution is -2.29. The lowest BCUT2D eigenvalue weighted by Gasteiger charge is -2.18. The predicted molar refractivity (Wildman–Crippen MR) is 139 cm³/mol. The van der Waals surface area contributed by atoms with Gasteiger partial charge in [0.2, 0.25) is 5.89 Å². The van der Waals surface area contributed by atoms with Gasteiger partial charge >= 0.3 is 0 Å². The van der Waals surface area contributed by atoms with Crippen LogP contribution in [-0.4, -0.2) is 47.4 Å². The van der Waals surface area contributed by atoms with Gasteiger partial charge in [0.1, 0.15) is 11.6 Å². The Morgan fingerprint density at radius 3 is 2.82 bits per heavy atom. The fourth-order valence-corrected chi connectivity index (χ4v) is 4.56. The molecule has 0 bridgehead atoms. The van der Waals surface area contributed by atoms with Crippen molar-refractivity contribution in [1.82, 2.24) is 40.2 Å². The summed E-state index contributed by atoms with van der Waals surface area (Å²) in [5.74, 6) is 1.51. The monoisotopic (exact) mass is 512 g/mol. The van der Waals surface area contributed by atoms with Crippen LogP contribution < -0.4 is 10.1 Å². The highest BCUT2D eigenvalue weighted by atomic mass is 16.5. The average molecular weight is 513 g/mol. The van der Waals surface area contributed by atoms with Gasteiger partial charge in [-0.3, -0.25) is 9.48 Å². The number of carbonyl (C=O) groups excluding carboxylic acids is 1. The Balaban J connectivity index is 1.31. The van der Waals surface area contributed by atoms with E-state index >= 15 is 0 Å². The maximum Gasteiger partial charge on any atom is 0.293 e. The second-order valence-electron chi connectivity index (χ2n) is 10.5. The molecule has 2 N–H and O–H groups in total. The largest absolute Gasteiger partial charge is 0.493 e. The van der Waals surface area contributed by atoms with Crippen LogP contribution in [0.5, 0.6) is 5.75 Å². The van der Waals surface area contributed by atoms with Crippen molar-refractivity contribution in [2.45, 2.75) is 45.1 Å². The summed E-state index contributed by atoms with van der Waals surface area (Å²) in [4.78, 5) is 29.8. The molecule has 0 radical (unpaired) electrons. The number of amides is 1. The molecule has 5 heterocycles. The van der Waals surface area contributed by atoms with Crippen molar-refractivity contribution in [3.05, 3.63) is 60.1 Å². The molecule has 1 amide bonds. The zero-order chi connectivity index (χ0) is 26.4. The molecule has 0 spiro atoms. The summed E-state index contributed by atoms with van der Waals surface area (Å²) in [5, 5.41) is 11.2. The molecular formula is C27H28N8O3. The Hall–Kier alpha value is -4.54. The summed E-state index contributed by atoms with van der Waals surface area (Å²) < 4.78 is 13.1. The highest BCUT2D eigenvalue weighted by molar-refractivity contribution is 5.92. The summed E-state index contributed by atoms with van der Waals surface area (Å²) in [6, 6.07) is 7.74. The lowest BCUT2D eigenvalue weighted by molar-refractivity contribution is 0.0921. The summed E-state index contributed by atoms with van der Waals surface area (Å²) in [7, 11) is 1.87. The van der Waals surface area contributed by atoms with Crippen molar-refractivity contribution in [3.8, 4) is 28.3 Å².